The van der Waals surface area contributed by atoms with Crippen molar-refractivity contribution in [2.24, 2.45) is 0 Å². The van der Waals surface area contributed by atoms with Crippen molar-refractivity contribution >= 4 is 26.0 Å². The van der Waals surface area contributed by atoms with Gasteiger partial charge in [0, 0.05) is 29.5 Å². The molecule has 2 heterocycles. The zero-order valence-electron chi connectivity index (χ0n) is 9.89. The number of nitrogens with one attached hydrogen (secondary N) is 2. The Balaban J connectivity index is 1.90. The Labute approximate surface area is 116 Å². The zero-order valence-corrected chi connectivity index (χ0v) is 12.3. The van der Waals surface area contributed by atoms with E-state index >= 15 is 0 Å². The topological polar surface area (TPSA) is 71.1 Å². The molecule has 0 aromatic carbocycles. The quantitative estimate of drug-likeness (QED) is 0.851. The van der Waals surface area contributed by atoms with Crippen LogP contribution < -0.4 is 10.0 Å². The summed E-state index contributed by atoms with van der Waals surface area (Å²) in [6, 6.07) is 1.98. The number of halogens is 1. The van der Waals surface area contributed by atoms with Gasteiger partial charge in [-0.25, -0.2) is 13.1 Å². The van der Waals surface area contributed by atoms with Crippen molar-refractivity contribution in [3.05, 3.63) is 22.9 Å². The average molecular weight is 334 g/mol. The maximum Gasteiger partial charge on any atom is 0.242 e. The number of pyridine rings is 1. The van der Waals surface area contributed by atoms with Gasteiger partial charge in [-0.05, 0) is 47.8 Å². The van der Waals surface area contributed by atoms with Crippen LogP contribution in [0.25, 0.3) is 0 Å². The Kier molecular flexibility index (Phi) is 4.71. The molecule has 7 heteroatoms. The van der Waals surface area contributed by atoms with Crippen molar-refractivity contribution < 1.29 is 8.42 Å². The summed E-state index contributed by atoms with van der Waals surface area (Å²) < 4.78 is 27.2. The van der Waals surface area contributed by atoms with Gasteiger partial charge in [-0.2, -0.15) is 0 Å². The van der Waals surface area contributed by atoms with Crippen molar-refractivity contribution in [2.75, 3.05) is 13.1 Å². The minimum absolute atomic E-state index is 0.191. The summed E-state index contributed by atoms with van der Waals surface area (Å²) in [6.45, 7) is 1.49. The molecule has 0 spiro atoms. The van der Waals surface area contributed by atoms with Gasteiger partial charge < -0.3 is 5.32 Å². The Morgan fingerprint density at radius 2 is 2.33 bits per heavy atom. The fourth-order valence-electron chi connectivity index (χ4n) is 1.99. The van der Waals surface area contributed by atoms with Crippen molar-refractivity contribution in [1.29, 1.82) is 0 Å². The Morgan fingerprint density at radius 3 is 3.00 bits per heavy atom. The molecule has 2 rings (SSSR count). The van der Waals surface area contributed by atoms with E-state index in [0.29, 0.717) is 17.1 Å². The molecule has 1 aliphatic rings. The Morgan fingerprint density at radius 1 is 1.50 bits per heavy atom. The molecule has 1 atom stereocenters. The molecule has 0 amide bonds. The summed E-state index contributed by atoms with van der Waals surface area (Å²) in [7, 11) is -3.44. The highest BCUT2D eigenvalue weighted by Crippen LogP contribution is 2.14. The number of nitrogens with zero attached hydrogens (tertiary/aromatic N) is 1. The lowest BCUT2D eigenvalue weighted by Crippen LogP contribution is -2.30. The van der Waals surface area contributed by atoms with Gasteiger partial charge in [0.25, 0.3) is 0 Å². The average Bonchev–Trinajstić information content (AvgIpc) is 2.82. The third-order valence-electron chi connectivity index (χ3n) is 2.94. The van der Waals surface area contributed by atoms with Crippen LogP contribution in [-0.2, 0) is 10.0 Å². The van der Waals surface area contributed by atoms with Crippen molar-refractivity contribution in [3.63, 3.8) is 0 Å². The van der Waals surface area contributed by atoms with Gasteiger partial charge in [0.2, 0.25) is 10.0 Å². The highest BCUT2D eigenvalue weighted by Gasteiger charge is 2.17. The van der Waals surface area contributed by atoms with E-state index in [9.17, 15) is 8.42 Å². The summed E-state index contributed by atoms with van der Waals surface area (Å²) in [5.74, 6) is 0. The van der Waals surface area contributed by atoms with Gasteiger partial charge in [-0.3, -0.25) is 4.98 Å². The number of hydrogen-bond acceptors (Lipinski definition) is 4. The molecule has 0 radical (unpaired) electrons. The SMILES string of the molecule is O=S(=O)(NCC[C@H]1CCCN1)c1cncc(Br)c1. The van der Waals surface area contributed by atoms with E-state index in [0.717, 1.165) is 19.4 Å². The van der Waals surface area contributed by atoms with Gasteiger partial charge in [-0.15, -0.1) is 0 Å². The monoisotopic (exact) mass is 333 g/mol. The second-order valence-electron chi connectivity index (χ2n) is 4.32. The smallest absolute Gasteiger partial charge is 0.242 e. The lowest BCUT2D eigenvalue weighted by atomic mass is 10.2. The predicted octanol–water partition coefficient (Wildman–Crippen LogP) is 1.26. The summed E-state index contributed by atoms with van der Waals surface area (Å²) in [5, 5.41) is 3.34. The lowest BCUT2D eigenvalue weighted by Gasteiger charge is -2.11. The summed E-state index contributed by atoms with van der Waals surface area (Å²) in [4.78, 5) is 4.05. The molecule has 5 nitrogen and oxygen atoms in total. The molecular weight excluding hydrogens is 318 g/mol. The summed E-state index contributed by atoms with van der Waals surface area (Å²) in [6.07, 6.45) is 6.02. The standard InChI is InChI=1S/C11H16BrN3O2S/c12-9-6-11(8-13-7-9)18(16,17)15-5-3-10-2-1-4-14-10/h6-8,10,14-15H,1-5H2/t10-/m1/s1. The number of aromatic nitrogens is 1. The van der Waals surface area contributed by atoms with E-state index in [1.165, 1.54) is 12.6 Å². The van der Waals surface area contributed by atoms with Crippen LogP contribution >= 0.6 is 15.9 Å². The van der Waals surface area contributed by atoms with Gasteiger partial charge in [0.05, 0.1) is 0 Å². The Bertz CT molecular complexity index is 501. The Hall–Kier alpha value is -0.500. The maximum atomic E-state index is 12.0. The van der Waals surface area contributed by atoms with Crippen LogP contribution in [0.2, 0.25) is 0 Å². The highest BCUT2D eigenvalue weighted by molar-refractivity contribution is 9.10. The maximum absolute atomic E-state index is 12.0. The number of rotatable bonds is 5. The van der Waals surface area contributed by atoms with Crippen LogP contribution in [0.5, 0.6) is 0 Å². The minimum atomic E-state index is -3.44. The molecule has 0 bridgehead atoms. The van der Waals surface area contributed by atoms with Gasteiger partial charge in [0.15, 0.2) is 0 Å². The first-order valence-corrected chi connectivity index (χ1v) is 8.19. The molecule has 1 aromatic rings. The van der Waals surface area contributed by atoms with Gasteiger partial charge in [0.1, 0.15) is 4.90 Å². The van der Waals surface area contributed by atoms with Crippen LogP contribution in [0.1, 0.15) is 19.3 Å². The molecule has 1 saturated heterocycles. The second kappa shape index (κ2) is 6.10. The predicted molar refractivity (Wildman–Crippen MR) is 72.8 cm³/mol. The molecule has 100 valence electrons. The fraction of sp³-hybridized carbons (Fsp3) is 0.545. The first kappa shape index (κ1) is 13.9. The van der Waals surface area contributed by atoms with E-state index in [1.54, 1.807) is 12.3 Å². The van der Waals surface area contributed by atoms with Crippen molar-refractivity contribution in [3.8, 4) is 0 Å². The number of hydrogen-bond donors (Lipinski definition) is 2. The van der Waals surface area contributed by atoms with E-state index in [-0.39, 0.29) is 4.90 Å². The minimum Gasteiger partial charge on any atom is -0.314 e. The third-order valence-corrected chi connectivity index (χ3v) is 4.80. The summed E-state index contributed by atoms with van der Waals surface area (Å²) >= 11 is 3.21. The first-order valence-electron chi connectivity index (χ1n) is 5.91. The highest BCUT2D eigenvalue weighted by atomic mass is 79.9. The summed E-state index contributed by atoms with van der Waals surface area (Å²) in [5.41, 5.74) is 0. The van der Waals surface area contributed by atoms with E-state index in [4.69, 9.17) is 0 Å². The van der Waals surface area contributed by atoms with Crippen molar-refractivity contribution in [2.45, 2.75) is 30.2 Å². The molecule has 0 aliphatic carbocycles. The molecule has 18 heavy (non-hydrogen) atoms. The zero-order chi connectivity index (χ0) is 13.0. The van der Waals surface area contributed by atoms with E-state index in [2.05, 4.69) is 31.0 Å². The molecule has 2 N–H and O–H groups in total. The largest absolute Gasteiger partial charge is 0.314 e. The molecule has 0 saturated carbocycles. The van der Waals surface area contributed by atoms with Crippen LogP contribution in [0.15, 0.2) is 27.8 Å². The third kappa shape index (κ3) is 3.74. The molecule has 1 aromatic heterocycles. The molecule has 1 aliphatic heterocycles. The second-order valence-corrected chi connectivity index (χ2v) is 7.00. The van der Waals surface area contributed by atoms with Crippen molar-refractivity contribution in [1.82, 2.24) is 15.0 Å². The fourth-order valence-corrected chi connectivity index (χ4v) is 3.54. The van der Waals surface area contributed by atoms with Gasteiger partial charge >= 0.3 is 0 Å². The molecular formula is C11H16BrN3O2S. The van der Waals surface area contributed by atoms with Crippen LogP contribution in [0.3, 0.4) is 0 Å². The molecule has 1 fully saturated rings. The van der Waals surface area contributed by atoms with E-state index in [1.807, 2.05) is 0 Å². The first-order chi connectivity index (χ1) is 8.58. The van der Waals surface area contributed by atoms with E-state index < -0.39 is 10.0 Å². The molecule has 0 unspecified atom stereocenters. The van der Waals surface area contributed by atoms with Crippen LogP contribution in [0, 0.1) is 0 Å². The number of sulfonamides is 1. The normalized spacial score (nSPS) is 20.2. The van der Waals surface area contributed by atoms with Crippen LogP contribution in [-0.4, -0.2) is 32.5 Å². The van der Waals surface area contributed by atoms with Gasteiger partial charge in [-0.1, -0.05) is 0 Å². The lowest BCUT2D eigenvalue weighted by molar-refractivity contribution is 0.539. The van der Waals surface area contributed by atoms with Crippen LogP contribution in [0.4, 0.5) is 0 Å².